The summed E-state index contributed by atoms with van der Waals surface area (Å²) in [5.41, 5.74) is 4.81. The molecule has 0 radical (unpaired) electrons. The van der Waals surface area contributed by atoms with E-state index in [1.165, 1.54) is 16.8 Å². The molecule has 1 fully saturated rings. The normalized spacial score (nSPS) is 15.1. The summed E-state index contributed by atoms with van der Waals surface area (Å²) >= 11 is 11.6. The van der Waals surface area contributed by atoms with Gasteiger partial charge < -0.3 is 10.1 Å². The molecular weight excluding hydrogens is 403 g/mol. The van der Waals surface area contributed by atoms with Crippen molar-refractivity contribution in [3.8, 4) is 5.69 Å². The van der Waals surface area contributed by atoms with Gasteiger partial charge >= 0.3 is 0 Å². The molecule has 0 spiro atoms. The van der Waals surface area contributed by atoms with Crippen LogP contribution in [-0.2, 0) is 4.74 Å². The Kier molecular flexibility index (Phi) is 7.32. The number of aryl methyl sites for hydroxylation is 1. The number of thiocarbonyl (C=S) groups is 1. The molecular formula is C18H22ClFN6OS. The summed E-state index contributed by atoms with van der Waals surface area (Å²) < 4.78 is 20.0. The van der Waals surface area contributed by atoms with E-state index in [2.05, 4.69) is 25.8 Å². The largest absolute Gasteiger partial charge is 0.379 e. The van der Waals surface area contributed by atoms with Gasteiger partial charge in [-0.2, -0.15) is 10.2 Å². The molecule has 3 rings (SSSR count). The molecule has 0 amide bonds. The van der Waals surface area contributed by atoms with Gasteiger partial charge in [0.15, 0.2) is 5.11 Å². The minimum Gasteiger partial charge on any atom is -0.379 e. The van der Waals surface area contributed by atoms with Gasteiger partial charge in [-0.1, -0.05) is 11.6 Å². The lowest BCUT2D eigenvalue weighted by atomic mass is 10.3. The third-order valence-corrected chi connectivity index (χ3v) is 4.90. The Bertz CT molecular complexity index is 835. The zero-order valence-corrected chi connectivity index (χ0v) is 17.1. The zero-order chi connectivity index (χ0) is 19.9. The first kappa shape index (κ1) is 20.7. The number of hydrogen-bond donors (Lipinski definition) is 2. The number of halogens is 2. The topological polar surface area (TPSA) is 66.7 Å². The van der Waals surface area contributed by atoms with E-state index in [0.717, 1.165) is 39.4 Å². The van der Waals surface area contributed by atoms with Crippen LogP contribution in [0.3, 0.4) is 0 Å². The molecule has 7 nitrogen and oxygen atoms in total. The molecule has 0 aliphatic carbocycles. The van der Waals surface area contributed by atoms with Gasteiger partial charge in [0.2, 0.25) is 0 Å². The van der Waals surface area contributed by atoms with Crippen LogP contribution in [0.25, 0.3) is 5.69 Å². The first-order valence-electron chi connectivity index (χ1n) is 8.92. The van der Waals surface area contributed by atoms with Gasteiger partial charge in [-0.05, 0) is 43.4 Å². The zero-order valence-electron chi connectivity index (χ0n) is 15.5. The van der Waals surface area contributed by atoms with Gasteiger partial charge in [0.1, 0.15) is 11.0 Å². The van der Waals surface area contributed by atoms with E-state index in [-0.39, 0.29) is 5.82 Å². The lowest BCUT2D eigenvalue weighted by Gasteiger charge is -2.26. The maximum absolute atomic E-state index is 13.1. The van der Waals surface area contributed by atoms with Crippen molar-refractivity contribution in [2.24, 2.45) is 5.10 Å². The maximum atomic E-state index is 13.1. The van der Waals surface area contributed by atoms with Gasteiger partial charge in [-0.3, -0.25) is 10.3 Å². The van der Waals surface area contributed by atoms with Crippen LogP contribution in [0.4, 0.5) is 4.39 Å². The molecule has 10 heteroatoms. The smallest absolute Gasteiger partial charge is 0.187 e. The molecule has 2 aromatic rings. The van der Waals surface area contributed by atoms with Crippen molar-refractivity contribution in [3.63, 3.8) is 0 Å². The van der Waals surface area contributed by atoms with Gasteiger partial charge in [0, 0.05) is 26.2 Å². The summed E-state index contributed by atoms with van der Waals surface area (Å²) in [7, 11) is 0. The Hall–Kier alpha value is -2.07. The third-order valence-electron chi connectivity index (χ3n) is 4.30. The predicted octanol–water partition coefficient (Wildman–Crippen LogP) is 2.10. The quantitative estimate of drug-likeness (QED) is 0.420. The Morgan fingerprint density at radius 3 is 2.79 bits per heavy atom. The number of benzene rings is 1. The second-order valence-corrected chi connectivity index (χ2v) is 7.02. The molecule has 2 N–H and O–H groups in total. The molecule has 28 heavy (non-hydrogen) atoms. The van der Waals surface area contributed by atoms with E-state index in [1.807, 2.05) is 6.92 Å². The Labute approximate surface area is 173 Å². The van der Waals surface area contributed by atoms with E-state index in [0.29, 0.717) is 27.2 Å². The van der Waals surface area contributed by atoms with Crippen LogP contribution in [0, 0.1) is 12.7 Å². The fourth-order valence-corrected chi connectivity index (χ4v) is 3.23. The summed E-state index contributed by atoms with van der Waals surface area (Å²) in [6.07, 6.45) is 1.57. The number of hydrogen-bond acceptors (Lipinski definition) is 5. The molecule has 1 aliphatic heterocycles. The number of nitrogens with one attached hydrogen (secondary N) is 2. The summed E-state index contributed by atoms with van der Waals surface area (Å²) in [4.78, 5) is 2.31. The van der Waals surface area contributed by atoms with Crippen LogP contribution in [0.1, 0.15) is 11.3 Å². The standard InChI is InChI=1S/C18H22ClFN6OS/c1-13-16(17(19)26(24-13)15-4-2-14(20)3-5-15)12-22-23-18(28)21-6-7-25-8-10-27-11-9-25/h2-5,12H,6-11H2,1H3,(H2,21,23,28)/b22-12-. The Morgan fingerprint density at radius 1 is 1.36 bits per heavy atom. The lowest BCUT2D eigenvalue weighted by Crippen LogP contribution is -2.42. The number of hydrazone groups is 1. The van der Waals surface area contributed by atoms with E-state index in [4.69, 9.17) is 28.6 Å². The Morgan fingerprint density at radius 2 is 2.07 bits per heavy atom. The fraction of sp³-hybridized carbons (Fsp3) is 0.389. The predicted molar refractivity (Wildman–Crippen MR) is 112 cm³/mol. The van der Waals surface area contributed by atoms with Crippen LogP contribution >= 0.6 is 23.8 Å². The van der Waals surface area contributed by atoms with E-state index >= 15 is 0 Å². The maximum Gasteiger partial charge on any atom is 0.187 e. The second-order valence-electron chi connectivity index (χ2n) is 6.26. The minimum absolute atomic E-state index is 0.315. The van der Waals surface area contributed by atoms with Crippen molar-refractivity contribution in [3.05, 3.63) is 46.5 Å². The molecule has 0 atom stereocenters. The first-order chi connectivity index (χ1) is 13.5. The number of morpholine rings is 1. The highest BCUT2D eigenvalue weighted by molar-refractivity contribution is 7.80. The molecule has 1 saturated heterocycles. The molecule has 1 aromatic heterocycles. The number of nitrogens with zero attached hydrogens (tertiary/aromatic N) is 4. The van der Waals surface area contributed by atoms with Crippen molar-refractivity contribution >= 4 is 35.1 Å². The number of ether oxygens (including phenoxy) is 1. The molecule has 0 saturated carbocycles. The van der Waals surface area contributed by atoms with Gasteiger partial charge in [0.05, 0.1) is 36.4 Å². The molecule has 2 heterocycles. The minimum atomic E-state index is -0.315. The van der Waals surface area contributed by atoms with Crippen molar-refractivity contribution in [2.75, 3.05) is 39.4 Å². The van der Waals surface area contributed by atoms with Crippen molar-refractivity contribution in [1.29, 1.82) is 0 Å². The van der Waals surface area contributed by atoms with Crippen LogP contribution in [0.2, 0.25) is 5.15 Å². The number of aromatic nitrogens is 2. The second kappa shape index (κ2) is 9.92. The number of rotatable bonds is 6. The van der Waals surface area contributed by atoms with E-state index in [1.54, 1.807) is 18.3 Å². The third kappa shape index (κ3) is 5.48. The average molecular weight is 425 g/mol. The van der Waals surface area contributed by atoms with Crippen molar-refractivity contribution in [2.45, 2.75) is 6.92 Å². The van der Waals surface area contributed by atoms with E-state index < -0.39 is 0 Å². The van der Waals surface area contributed by atoms with Gasteiger partial charge in [0.25, 0.3) is 0 Å². The monoisotopic (exact) mass is 424 g/mol. The fourth-order valence-electron chi connectivity index (χ4n) is 2.76. The molecule has 150 valence electrons. The van der Waals surface area contributed by atoms with Crippen molar-refractivity contribution < 1.29 is 9.13 Å². The summed E-state index contributed by atoms with van der Waals surface area (Å²) in [6, 6.07) is 5.94. The van der Waals surface area contributed by atoms with Crippen LogP contribution < -0.4 is 10.7 Å². The highest BCUT2D eigenvalue weighted by Gasteiger charge is 2.13. The highest BCUT2D eigenvalue weighted by atomic mass is 35.5. The van der Waals surface area contributed by atoms with Crippen molar-refractivity contribution in [1.82, 2.24) is 25.4 Å². The van der Waals surface area contributed by atoms with Crippen LogP contribution in [-0.4, -0.2) is 65.4 Å². The summed E-state index contributed by atoms with van der Waals surface area (Å²) in [5.74, 6) is -0.315. The molecule has 1 aliphatic rings. The first-order valence-corrected chi connectivity index (χ1v) is 9.71. The molecule has 0 bridgehead atoms. The SMILES string of the molecule is Cc1nn(-c2ccc(F)cc2)c(Cl)c1/C=N\NC(=S)NCCN1CCOCC1. The van der Waals surface area contributed by atoms with Crippen LogP contribution in [0.15, 0.2) is 29.4 Å². The highest BCUT2D eigenvalue weighted by Crippen LogP contribution is 2.22. The molecule has 0 unspecified atom stereocenters. The Balaban J connectivity index is 1.52. The summed E-state index contributed by atoms with van der Waals surface area (Å²) in [6.45, 7) is 6.88. The van der Waals surface area contributed by atoms with Gasteiger partial charge in [-0.15, -0.1) is 0 Å². The molecule has 1 aromatic carbocycles. The summed E-state index contributed by atoms with van der Waals surface area (Å²) in [5, 5.41) is 12.5. The lowest BCUT2D eigenvalue weighted by molar-refractivity contribution is 0.0389. The van der Waals surface area contributed by atoms with Crippen LogP contribution in [0.5, 0.6) is 0 Å². The van der Waals surface area contributed by atoms with Gasteiger partial charge in [-0.25, -0.2) is 9.07 Å². The van der Waals surface area contributed by atoms with E-state index in [9.17, 15) is 4.39 Å². The average Bonchev–Trinajstić information content (AvgIpc) is 2.98.